The third-order valence-electron chi connectivity index (χ3n) is 7.06. The third kappa shape index (κ3) is 5.59. The number of unbranched alkanes of at least 4 members (excludes halogenated alkanes) is 2. The van der Waals surface area contributed by atoms with E-state index in [9.17, 15) is 9.59 Å². The zero-order chi connectivity index (χ0) is 24.8. The molecule has 5 rings (SSSR count). The highest BCUT2D eigenvalue weighted by Crippen LogP contribution is 2.56. The number of fused-ring (bicyclic) bond motifs is 1. The summed E-state index contributed by atoms with van der Waals surface area (Å²) in [6.07, 6.45) is 6.23. The van der Waals surface area contributed by atoms with Gasteiger partial charge in [-0.3, -0.25) is 9.59 Å². The van der Waals surface area contributed by atoms with Crippen LogP contribution in [0.25, 0.3) is 0 Å². The monoisotopic (exact) mass is 568 g/mol. The van der Waals surface area contributed by atoms with Crippen molar-refractivity contribution in [1.29, 1.82) is 0 Å². The van der Waals surface area contributed by atoms with E-state index in [1.54, 1.807) is 18.2 Å². The van der Waals surface area contributed by atoms with E-state index >= 15 is 0 Å². The number of hydrogen-bond donors (Lipinski definition) is 0. The fraction of sp³-hybridized carbons (Fsp3) is 0.152. The molecule has 0 N–H and O–H groups in total. The maximum Gasteiger partial charge on any atom is 0.189 e. The van der Waals surface area contributed by atoms with E-state index in [0.717, 1.165) is 25.4 Å². The van der Waals surface area contributed by atoms with Crippen molar-refractivity contribution in [3.05, 3.63) is 138 Å². The van der Waals surface area contributed by atoms with Gasteiger partial charge in [0.05, 0.1) is 6.16 Å². The molecule has 0 atom stereocenters. The van der Waals surface area contributed by atoms with Gasteiger partial charge < -0.3 is 17.0 Å². The van der Waals surface area contributed by atoms with Crippen LogP contribution in [0.15, 0.2) is 127 Å². The SMILES string of the molecule is O=C1C=C(CCCCC[P+](c2ccccc2)(c2ccccc2)c2ccccc2)C(=O)c2ccccc21.[Br-]. The first-order valence-corrected chi connectivity index (χ1v) is 14.6. The summed E-state index contributed by atoms with van der Waals surface area (Å²) in [5, 5.41) is 4.19. The summed E-state index contributed by atoms with van der Waals surface area (Å²) in [6, 6.07) is 39.9. The van der Waals surface area contributed by atoms with E-state index in [1.165, 1.54) is 15.9 Å². The van der Waals surface area contributed by atoms with Gasteiger partial charge in [-0.05, 0) is 68.2 Å². The molecule has 4 aromatic carbocycles. The van der Waals surface area contributed by atoms with Crippen molar-refractivity contribution in [3.8, 4) is 0 Å². The Morgan fingerprint density at radius 3 is 1.49 bits per heavy atom. The standard InChI is InChI=1S/C33H30O2P.BrH/c34-32-25-26(33(35)31-23-13-12-22-30(31)32)15-5-4-14-24-36(27-16-6-1-7-17-27,28-18-8-2-9-19-28)29-20-10-3-11-21-29;/h1-3,6-13,16-23,25H,4-5,14-15,24H2;1H/q+1;/p-1. The highest BCUT2D eigenvalue weighted by atomic mass is 79.9. The molecular weight excluding hydrogens is 539 g/mol. The molecule has 0 fully saturated rings. The number of carbonyl (C=O) groups is 2. The molecule has 0 spiro atoms. The van der Waals surface area contributed by atoms with Gasteiger partial charge in [-0.25, -0.2) is 0 Å². The smallest absolute Gasteiger partial charge is 0.189 e. The Kier molecular flexibility index (Phi) is 9.03. The average Bonchev–Trinajstić information content (AvgIpc) is 2.95. The lowest BCUT2D eigenvalue weighted by atomic mass is 9.87. The number of hydrogen-bond acceptors (Lipinski definition) is 2. The number of ketones is 2. The minimum absolute atomic E-state index is 0. The van der Waals surface area contributed by atoms with Gasteiger partial charge in [0, 0.05) is 16.7 Å². The van der Waals surface area contributed by atoms with Crippen LogP contribution in [0.4, 0.5) is 0 Å². The first-order valence-electron chi connectivity index (χ1n) is 12.6. The molecule has 0 radical (unpaired) electrons. The molecule has 0 aromatic heterocycles. The van der Waals surface area contributed by atoms with Gasteiger partial charge in [-0.1, -0.05) is 78.9 Å². The number of Topliss-reactive ketones (excluding diaryl/α,β-unsaturated/α-hetero) is 1. The van der Waals surface area contributed by atoms with Gasteiger partial charge in [0.1, 0.15) is 23.2 Å². The number of allylic oxidation sites excluding steroid dienone is 2. The second-order valence-electron chi connectivity index (χ2n) is 9.26. The van der Waals surface area contributed by atoms with Gasteiger partial charge in [0.25, 0.3) is 0 Å². The highest BCUT2D eigenvalue weighted by molar-refractivity contribution is 7.95. The largest absolute Gasteiger partial charge is 1.00 e. The Morgan fingerprint density at radius 1 is 0.514 bits per heavy atom. The molecular formula is C33H30BrO2P. The Labute approximate surface area is 230 Å². The fourth-order valence-electron chi connectivity index (χ4n) is 5.28. The van der Waals surface area contributed by atoms with Crippen LogP contribution in [-0.4, -0.2) is 17.7 Å². The summed E-state index contributed by atoms with van der Waals surface area (Å²) < 4.78 is 0. The lowest BCUT2D eigenvalue weighted by Crippen LogP contribution is -3.00. The van der Waals surface area contributed by atoms with E-state index < -0.39 is 7.26 Å². The summed E-state index contributed by atoms with van der Waals surface area (Å²) in [7, 11) is -1.83. The quantitative estimate of drug-likeness (QED) is 0.228. The second-order valence-corrected chi connectivity index (χ2v) is 12.9. The number of rotatable bonds is 9. The summed E-state index contributed by atoms with van der Waals surface area (Å²) in [5.74, 6) is -0.0488. The van der Waals surface area contributed by atoms with Gasteiger partial charge in [0.15, 0.2) is 11.6 Å². The van der Waals surface area contributed by atoms with Crippen LogP contribution in [0.3, 0.4) is 0 Å². The van der Waals surface area contributed by atoms with E-state index in [2.05, 4.69) is 91.0 Å². The van der Waals surface area contributed by atoms with Gasteiger partial charge >= 0.3 is 0 Å². The molecule has 2 nitrogen and oxygen atoms in total. The molecule has 37 heavy (non-hydrogen) atoms. The van der Waals surface area contributed by atoms with Crippen molar-refractivity contribution >= 4 is 34.7 Å². The summed E-state index contributed by atoms with van der Waals surface area (Å²) >= 11 is 0. The Bertz CT molecular complexity index is 1290. The fourth-order valence-corrected chi connectivity index (χ4v) is 9.69. The molecule has 0 bridgehead atoms. The molecule has 1 aliphatic rings. The third-order valence-corrected chi connectivity index (χ3v) is 11.6. The van der Waals surface area contributed by atoms with Gasteiger partial charge in [-0.15, -0.1) is 0 Å². The predicted molar refractivity (Wildman–Crippen MR) is 152 cm³/mol. The van der Waals surface area contributed by atoms with Crippen molar-refractivity contribution in [2.75, 3.05) is 6.16 Å². The van der Waals surface area contributed by atoms with Crippen LogP contribution in [0.2, 0.25) is 0 Å². The van der Waals surface area contributed by atoms with E-state index in [4.69, 9.17) is 0 Å². The lowest BCUT2D eigenvalue weighted by Gasteiger charge is -2.27. The van der Waals surface area contributed by atoms with E-state index in [0.29, 0.717) is 23.1 Å². The maximum atomic E-state index is 12.9. The summed E-state index contributed by atoms with van der Waals surface area (Å²) in [6.45, 7) is 0. The van der Waals surface area contributed by atoms with E-state index in [-0.39, 0.29) is 28.5 Å². The minimum Gasteiger partial charge on any atom is -1.00 e. The molecule has 4 aromatic rings. The number of benzene rings is 4. The number of carbonyl (C=O) groups excluding carboxylic acids is 2. The van der Waals surface area contributed by atoms with Crippen LogP contribution >= 0.6 is 7.26 Å². The Hall–Kier alpha value is -3.13. The molecule has 186 valence electrons. The summed E-state index contributed by atoms with van der Waals surface area (Å²) in [4.78, 5) is 25.4. The second kappa shape index (κ2) is 12.4. The average molecular weight is 569 g/mol. The van der Waals surface area contributed by atoms with E-state index in [1.807, 2.05) is 12.1 Å². The minimum atomic E-state index is -1.83. The Morgan fingerprint density at radius 2 is 0.973 bits per heavy atom. The first kappa shape index (κ1) is 26.9. The molecule has 0 aliphatic heterocycles. The van der Waals surface area contributed by atoms with Crippen LogP contribution in [0.1, 0.15) is 46.4 Å². The van der Waals surface area contributed by atoms with Crippen molar-refractivity contribution in [1.82, 2.24) is 0 Å². The topological polar surface area (TPSA) is 34.1 Å². The van der Waals surface area contributed by atoms with Gasteiger partial charge in [-0.2, -0.15) is 0 Å². The Balaban J connectivity index is 0.00000320. The molecule has 1 aliphatic carbocycles. The molecule has 0 saturated carbocycles. The lowest BCUT2D eigenvalue weighted by molar-refractivity contribution is -0.0000210. The molecule has 4 heteroatoms. The zero-order valence-corrected chi connectivity index (χ0v) is 23.2. The molecule has 0 amide bonds. The van der Waals surface area contributed by atoms with Gasteiger partial charge in [0.2, 0.25) is 0 Å². The predicted octanol–water partition coefficient (Wildman–Crippen LogP) is 3.55. The van der Waals surface area contributed by atoms with Crippen molar-refractivity contribution < 1.29 is 26.6 Å². The normalized spacial score (nSPS) is 12.9. The van der Waals surface area contributed by atoms with Crippen LogP contribution in [0.5, 0.6) is 0 Å². The van der Waals surface area contributed by atoms with Crippen molar-refractivity contribution in [2.45, 2.75) is 25.7 Å². The molecule has 0 saturated heterocycles. The van der Waals surface area contributed by atoms with Crippen LogP contribution < -0.4 is 32.9 Å². The number of halogens is 1. The van der Waals surface area contributed by atoms with Crippen LogP contribution in [-0.2, 0) is 0 Å². The first-order chi connectivity index (χ1) is 17.7. The van der Waals surface area contributed by atoms with Crippen molar-refractivity contribution in [2.24, 2.45) is 0 Å². The summed E-state index contributed by atoms with van der Waals surface area (Å²) in [5.41, 5.74) is 1.71. The molecule has 0 heterocycles. The highest BCUT2D eigenvalue weighted by Gasteiger charge is 2.44. The zero-order valence-electron chi connectivity index (χ0n) is 20.7. The van der Waals surface area contributed by atoms with Crippen molar-refractivity contribution in [3.63, 3.8) is 0 Å². The molecule has 0 unspecified atom stereocenters. The van der Waals surface area contributed by atoms with Crippen LogP contribution in [0, 0.1) is 0 Å². The maximum absolute atomic E-state index is 12.9.